The van der Waals surface area contributed by atoms with Crippen LogP contribution in [0.15, 0.2) is 76.9 Å². The van der Waals surface area contributed by atoms with Gasteiger partial charge in [0.05, 0.1) is 6.54 Å². The van der Waals surface area contributed by atoms with Gasteiger partial charge in [-0.1, -0.05) is 29.5 Å². The molecule has 110 valence electrons. The molecule has 1 aliphatic heterocycles. The van der Waals surface area contributed by atoms with E-state index in [0.717, 1.165) is 5.75 Å². The molecule has 1 aliphatic rings. The molecule has 0 spiro atoms. The molecule has 21 heavy (non-hydrogen) atoms. The van der Waals surface area contributed by atoms with Gasteiger partial charge in [-0.25, -0.2) is 0 Å². The predicted molar refractivity (Wildman–Crippen MR) is 82.0 cm³/mol. The van der Waals surface area contributed by atoms with Crippen LogP contribution in [0.5, 0.6) is 5.75 Å². The average Bonchev–Trinajstić information content (AvgIpc) is 2.94. The molecule has 0 saturated heterocycles. The molecule has 1 aromatic rings. The van der Waals surface area contributed by atoms with Crippen LogP contribution in [0, 0.1) is 0 Å². The van der Waals surface area contributed by atoms with Crippen molar-refractivity contribution in [3.8, 4) is 5.75 Å². The Morgan fingerprint density at radius 2 is 2.24 bits per heavy atom. The number of hydrogen-bond donors (Lipinski definition) is 1. The fraction of sp³-hybridized carbons (Fsp3) is 0.250. The molecule has 0 fully saturated rings. The third kappa shape index (κ3) is 5.14. The standard InChI is InChI=1S/C16H19N3O2/c1-2-7-15(20)8-6-11-19-12-14(17-18-19)13-21-16-9-4-3-5-10-16/h2-11,14,20H,12-13H2,1H3/b7-2-,11-6+,15-8+. The first kappa shape index (κ1) is 14.8. The summed E-state index contributed by atoms with van der Waals surface area (Å²) >= 11 is 0. The quantitative estimate of drug-likeness (QED) is 0.641. The summed E-state index contributed by atoms with van der Waals surface area (Å²) in [5, 5.41) is 19.3. The van der Waals surface area contributed by atoms with Gasteiger partial charge in [0.1, 0.15) is 24.2 Å². The number of hydrogen-bond acceptors (Lipinski definition) is 5. The summed E-state index contributed by atoms with van der Waals surface area (Å²) in [6, 6.07) is 9.67. The summed E-state index contributed by atoms with van der Waals surface area (Å²) < 4.78 is 5.65. The Morgan fingerprint density at radius 1 is 1.43 bits per heavy atom. The molecule has 1 N–H and O–H groups in total. The van der Waals surface area contributed by atoms with E-state index in [2.05, 4.69) is 10.3 Å². The van der Waals surface area contributed by atoms with Crippen LogP contribution in [0.1, 0.15) is 6.92 Å². The van der Waals surface area contributed by atoms with Crippen LogP contribution >= 0.6 is 0 Å². The third-order valence-corrected chi connectivity index (χ3v) is 2.78. The van der Waals surface area contributed by atoms with Crippen molar-refractivity contribution in [2.24, 2.45) is 10.3 Å². The van der Waals surface area contributed by atoms with Gasteiger partial charge in [-0.15, -0.1) is 0 Å². The lowest BCUT2D eigenvalue weighted by molar-refractivity contribution is 0.282. The Bertz CT molecular complexity index is 550. The lowest BCUT2D eigenvalue weighted by atomic mass is 10.3. The van der Waals surface area contributed by atoms with E-state index in [-0.39, 0.29) is 11.8 Å². The van der Waals surface area contributed by atoms with Crippen LogP contribution in [-0.2, 0) is 0 Å². The van der Waals surface area contributed by atoms with Crippen LogP contribution in [0.3, 0.4) is 0 Å². The monoisotopic (exact) mass is 285 g/mol. The number of nitrogens with zero attached hydrogens (tertiary/aromatic N) is 3. The van der Waals surface area contributed by atoms with Gasteiger partial charge < -0.3 is 9.84 Å². The summed E-state index contributed by atoms with van der Waals surface area (Å²) in [5.41, 5.74) is 0. The zero-order chi connectivity index (χ0) is 14.9. The lowest BCUT2D eigenvalue weighted by Gasteiger charge is -2.10. The van der Waals surface area contributed by atoms with Crippen molar-refractivity contribution < 1.29 is 9.84 Å². The summed E-state index contributed by atoms with van der Waals surface area (Å²) in [4.78, 5) is 0. The van der Waals surface area contributed by atoms with E-state index < -0.39 is 0 Å². The largest absolute Gasteiger partial charge is 0.508 e. The molecule has 2 rings (SSSR count). The Kier molecular flexibility index (Phi) is 5.58. The number of benzene rings is 1. The Morgan fingerprint density at radius 3 is 3.00 bits per heavy atom. The van der Waals surface area contributed by atoms with Gasteiger partial charge in [-0.2, -0.15) is 5.11 Å². The predicted octanol–water partition coefficient (Wildman–Crippen LogP) is 3.65. The van der Waals surface area contributed by atoms with Gasteiger partial charge in [-0.05, 0) is 37.3 Å². The second kappa shape index (κ2) is 7.89. The van der Waals surface area contributed by atoms with Crippen LogP contribution < -0.4 is 4.74 Å². The average molecular weight is 285 g/mol. The maximum atomic E-state index is 9.42. The molecule has 5 heteroatoms. The van der Waals surface area contributed by atoms with Gasteiger partial charge in [0.25, 0.3) is 0 Å². The highest BCUT2D eigenvalue weighted by Gasteiger charge is 2.17. The van der Waals surface area contributed by atoms with Crippen molar-refractivity contribution in [1.29, 1.82) is 0 Å². The van der Waals surface area contributed by atoms with Crippen molar-refractivity contribution >= 4 is 0 Å². The van der Waals surface area contributed by atoms with Gasteiger partial charge in [0.15, 0.2) is 0 Å². The molecule has 0 radical (unpaired) electrons. The van der Waals surface area contributed by atoms with Crippen LogP contribution in [0.4, 0.5) is 0 Å². The van der Waals surface area contributed by atoms with Crippen molar-refractivity contribution in [1.82, 2.24) is 5.01 Å². The van der Waals surface area contributed by atoms with E-state index in [1.54, 1.807) is 35.5 Å². The minimum absolute atomic E-state index is 0.0166. The molecule has 1 unspecified atom stereocenters. The van der Waals surface area contributed by atoms with E-state index in [1.165, 1.54) is 0 Å². The van der Waals surface area contributed by atoms with Gasteiger partial charge in [0, 0.05) is 6.20 Å². The zero-order valence-electron chi connectivity index (χ0n) is 12.0. The summed E-state index contributed by atoms with van der Waals surface area (Å²) in [6.07, 6.45) is 8.49. The van der Waals surface area contributed by atoms with E-state index in [1.807, 2.05) is 37.3 Å². The highest BCUT2D eigenvalue weighted by atomic mass is 16.5. The smallest absolute Gasteiger partial charge is 0.126 e. The van der Waals surface area contributed by atoms with Gasteiger partial charge in [-0.3, -0.25) is 5.01 Å². The molecule has 0 amide bonds. The van der Waals surface area contributed by atoms with E-state index in [0.29, 0.717) is 13.2 Å². The molecule has 0 aliphatic carbocycles. The van der Waals surface area contributed by atoms with E-state index in [4.69, 9.17) is 4.74 Å². The van der Waals surface area contributed by atoms with Crippen molar-refractivity contribution in [3.05, 3.63) is 66.6 Å². The molecular formula is C16H19N3O2. The third-order valence-electron chi connectivity index (χ3n) is 2.78. The normalized spacial score (nSPS) is 19.0. The summed E-state index contributed by atoms with van der Waals surface area (Å²) in [6.45, 7) is 3.01. The topological polar surface area (TPSA) is 57.4 Å². The Balaban J connectivity index is 1.75. The summed E-state index contributed by atoms with van der Waals surface area (Å²) in [7, 11) is 0. The molecule has 1 atom stereocenters. The fourth-order valence-electron chi connectivity index (χ4n) is 1.78. The van der Waals surface area contributed by atoms with Crippen molar-refractivity contribution in [2.45, 2.75) is 13.0 Å². The van der Waals surface area contributed by atoms with Gasteiger partial charge >= 0.3 is 0 Å². The summed E-state index contributed by atoms with van der Waals surface area (Å²) in [5.74, 6) is 1.04. The van der Waals surface area contributed by atoms with Crippen LogP contribution in [0.2, 0.25) is 0 Å². The van der Waals surface area contributed by atoms with E-state index in [9.17, 15) is 5.11 Å². The highest BCUT2D eigenvalue weighted by Crippen LogP contribution is 2.13. The number of ether oxygens (including phenoxy) is 1. The Hall–Kier alpha value is -2.56. The fourth-order valence-corrected chi connectivity index (χ4v) is 1.78. The molecule has 0 aromatic heterocycles. The molecule has 1 aromatic carbocycles. The van der Waals surface area contributed by atoms with Gasteiger partial charge in [0.2, 0.25) is 0 Å². The molecule has 5 nitrogen and oxygen atoms in total. The first-order valence-corrected chi connectivity index (χ1v) is 6.83. The first-order valence-electron chi connectivity index (χ1n) is 6.83. The van der Waals surface area contributed by atoms with Crippen LogP contribution in [-0.4, -0.2) is 29.3 Å². The highest BCUT2D eigenvalue weighted by molar-refractivity contribution is 5.21. The lowest BCUT2D eigenvalue weighted by Crippen LogP contribution is -2.22. The zero-order valence-corrected chi connectivity index (χ0v) is 12.0. The van der Waals surface area contributed by atoms with E-state index >= 15 is 0 Å². The maximum Gasteiger partial charge on any atom is 0.126 e. The second-order valence-corrected chi connectivity index (χ2v) is 4.54. The Labute approximate surface area is 124 Å². The number of para-hydroxylation sites is 1. The molecular weight excluding hydrogens is 266 g/mol. The molecule has 1 heterocycles. The minimum atomic E-state index is 0.0166. The first-order chi connectivity index (χ1) is 10.3. The SMILES string of the molecule is C\C=C/C(O)=C\C=C\N1CC(COc2ccccc2)N=N1. The number of aliphatic hydroxyl groups excluding tert-OH is 1. The maximum absolute atomic E-state index is 9.42. The van der Waals surface area contributed by atoms with Crippen LogP contribution in [0.25, 0.3) is 0 Å². The number of allylic oxidation sites excluding steroid dienone is 4. The minimum Gasteiger partial charge on any atom is -0.508 e. The molecule has 0 bridgehead atoms. The van der Waals surface area contributed by atoms with Crippen molar-refractivity contribution in [3.63, 3.8) is 0 Å². The second-order valence-electron chi connectivity index (χ2n) is 4.54. The molecule has 0 saturated carbocycles. The number of rotatable bonds is 6. The number of aliphatic hydroxyl groups is 1. The van der Waals surface area contributed by atoms with Crippen molar-refractivity contribution in [2.75, 3.05) is 13.2 Å².